The first-order valence-corrected chi connectivity index (χ1v) is 7.92. The number of anilines is 3. The standard InChI is InChI=1S/C15H21N5S/c1-15(2,3)14-18-12(9-13(19-14)20-16)17-10-5-7-11(21-4)8-6-10/h5-9H,16H2,1-4H3,(H2,17,18,19,20). The van der Waals surface area contributed by atoms with Crippen LogP contribution in [0.1, 0.15) is 26.6 Å². The molecule has 5 nitrogen and oxygen atoms in total. The van der Waals surface area contributed by atoms with Crippen molar-refractivity contribution in [3.63, 3.8) is 0 Å². The molecule has 0 fully saturated rings. The molecular formula is C15H21N5S. The van der Waals surface area contributed by atoms with Gasteiger partial charge in [-0.25, -0.2) is 15.8 Å². The van der Waals surface area contributed by atoms with E-state index in [2.05, 4.69) is 59.9 Å². The van der Waals surface area contributed by atoms with E-state index in [1.54, 1.807) is 17.8 Å². The lowest BCUT2D eigenvalue weighted by Gasteiger charge is -2.18. The molecule has 0 bridgehead atoms. The van der Waals surface area contributed by atoms with Gasteiger partial charge in [0.05, 0.1) is 0 Å². The van der Waals surface area contributed by atoms with Gasteiger partial charge in [-0.2, -0.15) is 0 Å². The second-order valence-electron chi connectivity index (χ2n) is 5.71. The van der Waals surface area contributed by atoms with Gasteiger partial charge < -0.3 is 10.7 Å². The smallest absolute Gasteiger partial charge is 0.145 e. The van der Waals surface area contributed by atoms with Crippen LogP contribution in [0.4, 0.5) is 17.3 Å². The van der Waals surface area contributed by atoms with Gasteiger partial charge in [-0.3, -0.25) is 0 Å². The number of benzene rings is 1. The third-order valence-corrected chi connectivity index (χ3v) is 3.65. The molecule has 0 aliphatic rings. The first-order valence-electron chi connectivity index (χ1n) is 6.69. The molecular weight excluding hydrogens is 282 g/mol. The highest BCUT2D eigenvalue weighted by molar-refractivity contribution is 7.98. The van der Waals surface area contributed by atoms with Gasteiger partial charge in [0.2, 0.25) is 0 Å². The maximum absolute atomic E-state index is 5.49. The Labute approximate surface area is 129 Å². The first-order chi connectivity index (χ1) is 9.92. The molecule has 21 heavy (non-hydrogen) atoms. The topological polar surface area (TPSA) is 75.9 Å². The Bertz CT molecular complexity index is 604. The number of rotatable bonds is 4. The van der Waals surface area contributed by atoms with Crippen molar-refractivity contribution in [2.45, 2.75) is 31.1 Å². The lowest BCUT2D eigenvalue weighted by Crippen LogP contribution is -2.19. The number of hydrogen-bond acceptors (Lipinski definition) is 6. The van der Waals surface area contributed by atoms with Crippen molar-refractivity contribution in [2.24, 2.45) is 5.84 Å². The van der Waals surface area contributed by atoms with Crippen LogP contribution in [-0.4, -0.2) is 16.2 Å². The highest BCUT2D eigenvalue weighted by Crippen LogP contribution is 2.24. The number of nitrogens with two attached hydrogens (primary N) is 1. The highest BCUT2D eigenvalue weighted by atomic mass is 32.2. The average Bonchev–Trinajstić information content (AvgIpc) is 2.46. The highest BCUT2D eigenvalue weighted by Gasteiger charge is 2.19. The fourth-order valence-corrected chi connectivity index (χ4v) is 2.15. The fourth-order valence-electron chi connectivity index (χ4n) is 1.74. The van der Waals surface area contributed by atoms with E-state index < -0.39 is 0 Å². The molecule has 4 N–H and O–H groups in total. The van der Waals surface area contributed by atoms with E-state index in [0.29, 0.717) is 5.82 Å². The quantitative estimate of drug-likeness (QED) is 0.456. The molecule has 0 aliphatic carbocycles. The van der Waals surface area contributed by atoms with Crippen LogP contribution in [0.15, 0.2) is 35.2 Å². The van der Waals surface area contributed by atoms with Crippen molar-refractivity contribution in [1.82, 2.24) is 9.97 Å². The van der Waals surface area contributed by atoms with E-state index in [-0.39, 0.29) is 5.41 Å². The summed E-state index contributed by atoms with van der Waals surface area (Å²) in [6, 6.07) is 9.99. The third kappa shape index (κ3) is 4.09. The van der Waals surface area contributed by atoms with Crippen LogP contribution in [0.5, 0.6) is 0 Å². The zero-order valence-corrected chi connectivity index (χ0v) is 13.6. The number of nitrogens with zero attached hydrogens (tertiary/aromatic N) is 2. The predicted octanol–water partition coefficient (Wildman–Crippen LogP) is 3.53. The Morgan fingerprint density at radius 2 is 1.67 bits per heavy atom. The Hall–Kier alpha value is -1.79. The Balaban J connectivity index is 2.29. The molecule has 0 saturated heterocycles. The summed E-state index contributed by atoms with van der Waals surface area (Å²) in [6.45, 7) is 6.21. The minimum atomic E-state index is -0.147. The summed E-state index contributed by atoms with van der Waals surface area (Å²) in [4.78, 5) is 10.2. The van der Waals surface area contributed by atoms with Crippen molar-refractivity contribution >= 4 is 29.1 Å². The summed E-state index contributed by atoms with van der Waals surface area (Å²) < 4.78 is 0. The van der Waals surface area contributed by atoms with Gasteiger partial charge in [0.15, 0.2) is 0 Å². The number of thioether (sulfide) groups is 1. The van der Waals surface area contributed by atoms with E-state index >= 15 is 0 Å². The van der Waals surface area contributed by atoms with Gasteiger partial charge in [0.1, 0.15) is 17.5 Å². The van der Waals surface area contributed by atoms with Crippen LogP contribution in [-0.2, 0) is 5.41 Å². The molecule has 1 aromatic heterocycles. The molecule has 1 aromatic carbocycles. The number of aromatic nitrogens is 2. The number of nitrogen functional groups attached to an aromatic ring is 1. The van der Waals surface area contributed by atoms with Gasteiger partial charge >= 0.3 is 0 Å². The minimum absolute atomic E-state index is 0.147. The summed E-state index contributed by atoms with van der Waals surface area (Å²) in [6.07, 6.45) is 2.06. The summed E-state index contributed by atoms with van der Waals surface area (Å²) >= 11 is 1.72. The zero-order valence-electron chi connectivity index (χ0n) is 12.8. The van der Waals surface area contributed by atoms with Crippen molar-refractivity contribution in [1.29, 1.82) is 0 Å². The molecule has 112 valence electrons. The van der Waals surface area contributed by atoms with Crippen molar-refractivity contribution in [3.8, 4) is 0 Å². The fraction of sp³-hybridized carbons (Fsp3) is 0.333. The van der Waals surface area contributed by atoms with Crippen molar-refractivity contribution < 1.29 is 0 Å². The van der Waals surface area contributed by atoms with E-state index in [4.69, 9.17) is 5.84 Å². The van der Waals surface area contributed by atoms with Crippen LogP contribution in [0.2, 0.25) is 0 Å². The van der Waals surface area contributed by atoms with E-state index in [1.807, 2.05) is 12.1 Å². The maximum atomic E-state index is 5.49. The van der Waals surface area contributed by atoms with E-state index in [0.717, 1.165) is 17.3 Å². The van der Waals surface area contributed by atoms with Crippen LogP contribution >= 0.6 is 11.8 Å². The Morgan fingerprint density at radius 1 is 1.05 bits per heavy atom. The van der Waals surface area contributed by atoms with Crippen molar-refractivity contribution in [3.05, 3.63) is 36.2 Å². The van der Waals surface area contributed by atoms with Gasteiger partial charge in [-0.05, 0) is 30.5 Å². The van der Waals surface area contributed by atoms with Gasteiger partial charge in [-0.15, -0.1) is 11.8 Å². The summed E-state index contributed by atoms with van der Waals surface area (Å²) in [7, 11) is 0. The maximum Gasteiger partial charge on any atom is 0.145 e. The van der Waals surface area contributed by atoms with E-state index in [9.17, 15) is 0 Å². The largest absolute Gasteiger partial charge is 0.340 e. The molecule has 0 amide bonds. The molecule has 0 saturated carbocycles. The zero-order chi connectivity index (χ0) is 15.5. The minimum Gasteiger partial charge on any atom is -0.340 e. The molecule has 0 atom stereocenters. The Morgan fingerprint density at radius 3 is 2.19 bits per heavy atom. The van der Waals surface area contributed by atoms with Crippen molar-refractivity contribution in [2.75, 3.05) is 17.0 Å². The number of hydrogen-bond donors (Lipinski definition) is 3. The molecule has 6 heteroatoms. The molecule has 0 aliphatic heterocycles. The van der Waals surface area contributed by atoms with Gasteiger partial charge in [-0.1, -0.05) is 20.8 Å². The molecule has 0 radical (unpaired) electrons. The van der Waals surface area contributed by atoms with Gasteiger partial charge in [0.25, 0.3) is 0 Å². The second-order valence-corrected chi connectivity index (χ2v) is 6.59. The van der Waals surface area contributed by atoms with Gasteiger partial charge in [0, 0.05) is 22.1 Å². The molecule has 0 spiro atoms. The average molecular weight is 303 g/mol. The van der Waals surface area contributed by atoms with Crippen LogP contribution in [0.3, 0.4) is 0 Å². The monoisotopic (exact) mass is 303 g/mol. The summed E-state index contributed by atoms with van der Waals surface area (Å²) in [5.74, 6) is 7.55. The molecule has 0 unspecified atom stereocenters. The number of hydrazine groups is 1. The lowest BCUT2D eigenvalue weighted by molar-refractivity contribution is 0.547. The molecule has 2 aromatic rings. The third-order valence-electron chi connectivity index (χ3n) is 2.91. The summed E-state index contributed by atoms with van der Waals surface area (Å²) in [5, 5.41) is 3.29. The second kappa shape index (κ2) is 6.32. The SMILES string of the molecule is CSc1ccc(Nc2cc(NN)nc(C(C)(C)C)n2)cc1. The van der Waals surface area contributed by atoms with E-state index in [1.165, 1.54) is 4.90 Å². The Kier molecular flexibility index (Phi) is 4.69. The number of nitrogens with one attached hydrogen (secondary N) is 2. The summed E-state index contributed by atoms with van der Waals surface area (Å²) in [5.41, 5.74) is 3.42. The predicted molar refractivity (Wildman–Crippen MR) is 90.0 cm³/mol. The van der Waals surface area contributed by atoms with Crippen LogP contribution in [0.25, 0.3) is 0 Å². The van der Waals surface area contributed by atoms with Crippen LogP contribution < -0.4 is 16.6 Å². The molecule has 1 heterocycles. The normalized spacial score (nSPS) is 11.3. The van der Waals surface area contributed by atoms with Crippen LogP contribution in [0, 0.1) is 0 Å². The molecule has 2 rings (SSSR count). The lowest BCUT2D eigenvalue weighted by atomic mass is 9.96. The first kappa shape index (κ1) is 15.6.